The number of alkyl halides is 1. The van der Waals surface area contributed by atoms with Crippen LogP contribution >= 0.6 is 23.2 Å². The Balaban J connectivity index is 2.88. The second kappa shape index (κ2) is 4.88. The Morgan fingerprint density at radius 3 is 2.46 bits per heavy atom. The van der Waals surface area contributed by atoms with Crippen molar-refractivity contribution in [2.45, 2.75) is 25.6 Å². The second-order valence-corrected chi connectivity index (χ2v) is 4.19. The first-order chi connectivity index (χ1) is 6.16. The fourth-order valence-corrected chi connectivity index (χ4v) is 1.89. The fraction of sp³-hybridized carbons (Fsp3) is 0.455. The zero-order chi connectivity index (χ0) is 9.84. The highest BCUT2D eigenvalue weighted by Gasteiger charge is 2.16. The van der Waals surface area contributed by atoms with Crippen molar-refractivity contribution in [3.8, 4) is 0 Å². The first-order valence-electron chi connectivity index (χ1n) is 4.55. The van der Waals surface area contributed by atoms with Crippen molar-refractivity contribution < 1.29 is 0 Å². The summed E-state index contributed by atoms with van der Waals surface area (Å²) < 4.78 is 0. The minimum atomic E-state index is 0.0266. The summed E-state index contributed by atoms with van der Waals surface area (Å²) in [4.78, 5) is 0. The molecule has 0 saturated carbocycles. The Kier molecular flexibility index (Phi) is 4.08. The van der Waals surface area contributed by atoms with Gasteiger partial charge in [-0.25, -0.2) is 0 Å². The largest absolute Gasteiger partial charge is 0.117 e. The molecule has 0 aliphatic carbocycles. The summed E-state index contributed by atoms with van der Waals surface area (Å²) in [5.41, 5.74) is 1.04. The van der Waals surface area contributed by atoms with Crippen LogP contribution in [0.1, 0.15) is 31.2 Å². The summed E-state index contributed by atoms with van der Waals surface area (Å²) in [6.07, 6.45) is 1.07. The smallest absolute Gasteiger partial charge is 0.0625 e. The molecule has 0 aliphatic rings. The summed E-state index contributed by atoms with van der Waals surface area (Å²) in [6, 6.07) is 7.77. The van der Waals surface area contributed by atoms with E-state index in [0.29, 0.717) is 5.92 Å². The molecule has 0 spiro atoms. The maximum Gasteiger partial charge on any atom is 0.0625 e. The van der Waals surface area contributed by atoms with Gasteiger partial charge in [0.05, 0.1) is 5.38 Å². The molecule has 2 unspecified atom stereocenters. The Labute approximate surface area is 89.9 Å². The molecule has 0 aliphatic heterocycles. The van der Waals surface area contributed by atoms with Crippen molar-refractivity contribution in [2.75, 3.05) is 0 Å². The van der Waals surface area contributed by atoms with Gasteiger partial charge in [0.2, 0.25) is 0 Å². The molecule has 72 valence electrons. The van der Waals surface area contributed by atoms with Crippen LogP contribution in [0.15, 0.2) is 24.3 Å². The van der Waals surface area contributed by atoms with Crippen LogP contribution in [0, 0.1) is 5.92 Å². The average molecular weight is 217 g/mol. The van der Waals surface area contributed by atoms with Crippen molar-refractivity contribution in [2.24, 2.45) is 5.92 Å². The van der Waals surface area contributed by atoms with Gasteiger partial charge in [-0.05, 0) is 17.5 Å². The van der Waals surface area contributed by atoms with E-state index in [1.54, 1.807) is 0 Å². The molecule has 1 aromatic rings. The first kappa shape index (κ1) is 10.9. The maximum atomic E-state index is 6.28. The summed E-state index contributed by atoms with van der Waals surface area (Å²) >= 11 is 12.3. The van der Waals surface area contributed by atoms with E-state index in [1.807, 2.05) is 24.3 Å². The molecule has 0 radical (unpaired) electrons. The molecular formula is C11H14Cl2. The molecule has 1 aromatic carbocycles. The van der Waals surface area contributed by atoms with Crippen LogP contribution in [0.3, 0.4) is 0 Å². The zero-order valence-corrected chi connectivity index (χ0v) is 9.44. The Morgan fingerprint density at radius 2 is 1.92 bits per heavy atom. The number of hydrogen-bond acceptors (Lipinski definition) is 0. The van der Waals surface area contributed by atoms with E-state index in [2.05, 4.69) is 13.8 Å². The minimum Gasteiger partial charge on any atom is -0.117 e. The van der Waals surface area contributed by atoms with Gasteiger partial charge < -0.3 is 0 Å². The molecule has 2 heteroatoms. The van der Waals surface area contributed by atoms with Gasteiger partial charge in [0.1, 0.15) is 0 Å². The summed E-state index contributed by atoms with van der Waals surface area (Å²) in [7, 11) is 0. The molecule has 0 N–H and O–H groups in total. The molecule has 0 fully saturated rings. The van der Waals surface area contributed by atoms with Crippen LogP contribution in [-0.2, 0) is 0 Å². The van der Waals surface area contributed by atoms with Crippen LogP contribution in [0.25, 0.3) is 0 Å². The van der Waals surface area contributed by atoms with Crippen molar-refractivity contribution in [3.05, 3.63) is 34.9 Å². The molecule has 1 rings (SSSR count). The standard InChI is InChI=1S/C11H14Cl2/c1-3-8(2)11(13)9-6-4-5-7-10(9)12/h4-8,11H,3H2,1-2H3. The predicted molar refractivity (Wildman–Crippen MR) is 59.5 cm³/mol. The highest BCUT2D eigenvalue weighted by atomic mass is 35.5. The fourth-order valence-electron chi connectivity index (χ4n) is 1.21. The molecule has 0 nitrogen and oxygen atoms in total. The summed E-state index contributed by atoms with van der Waals surface area (Å²) in [6.45, 7) is 4.28. The Bertz CT molecular complexity index is 271. The van der Waals surface area contributed by atoms with E-state index in [0.717, 1.165) is 17.0 Å². The van der Waals surface area contributed by atoms with Gasteiger partial charge in [0.15, 0.2) is 0 Å². The maximum absolute atomic E-state index is 6.28. The van der Waals surface area contributed by atoms with Crippen LogP contribution in [0.4, 0.5) is 0 Å². The van der Waals surface area contributed by atoms with E-state index in [1.165, 1.54) is 0 Å². The third kappa shape index (κ3) is 2.62. The van der Waals surface area contributed by atoms with Gasteiger partial charge in [-0.1, -0.05) is 50.1 Å². The lowest BCUT2D eigenvalue weighted by Crippen LogP contribution is -2.02. The van der Waals surface area contributed by atoms with E-state index in [4.69, 9.17) is 23.2 Å². The summed E-state index contributed by atoms with van der Waals surface area (Å²) in [5.74, 6) is 0.460. The number of halogens is 2. The normalized spacial score (nSPS) is 15.4. The second-order valence-electron chi connectivity index (χ2n) is 3.31. The van der Waals surface area contributed by atoms with E-state index < -0.39 is 0 Å². The Morgan fingerprint density at radius 1 is 1.31 bits per heavy atom. The van der Waals surface area contributed by atoms with E-state index >= 15 is 0 Å². The van der Waals surface area contributed by atoms with Crippen LogP contribution in [0.5, 0.6) is 0 Å². The molecule has 0 amide bonds. The molecule has 0 bridgehead atoms. The van der Waals surface area contributed by atoms with E-state index in [-0.39, 0.29) is 5.38 Å². The number of rotatable bonds is 3. The van der Waals surface area contributed by atoms with Gasteiger partial charge in [0.25, 0.3) is 0 Å². The van der Waals surface area contributed by atoms with Crippen molar-refractivity contribution in [1.29, 1.82) is 0 Å². The Hall–Kier alpha value is -0.200. The molecule has 13 heavy (non-hydrogen) atoms. The predicted octanol–water partition coefficient (Wildman–Crippen LogP) is 4.67. The van der Waals surface area contributed by atoms with Crippen molar-refractivity contribution in [1.82, 2.24) is 0 Å². The van der Waals surface area contributed by atoms with Crippen molar-refractivity contribution >= 4 is 23.2 Å². The molecule has 0 aromatic heterocycles. The topological polar surface area (TPSA) is 0 Å². The third-order valence-corrected chi connectivity index (χ3v) is 3.36. The number of benzene rings is 1. The number of hydrogen-bond donors (Lipinski definition) is 0. The van der Waals surface area contributed by atoms with Gasteiger partial charge in [-0.2, -0.15) is 0 Å². The lowest BCUT2D eigenvalue weighted by atomic mass is 9.98. The minimum absolute atomic E-state index is 0.0266. The highest BCUT2D eigenvalue weighted by molar-refractivity contribution is 6.32. The third-order valence-electron chi connectivity index (χ3n) is 2.35. The van der Waals surface area contributed by atoms with Gasteiger partial charge in [0, 0.05) is 5.02 Å². The van der Waals surface area contributed by atoms with Crippen LogP contribution < -0.4 is 0 Å². The molecule has 2 atom stereocenters. The molecule has 0 saturated heterocycles. The van der Waals surface area contributed by atoms with Crippen LogP contribution in [0.2, 0.25) is 5.02 Å². The summed E-state index contributed by atoms with van der Waals surface area (Å²) in [5, 5.41) is 0.793. The highest BCUT2D eigenvalue weighted by Crippen LogP contribution is 2.34. The van der Waals surface area contributed by atoms with Crippen LogP contribution in [-0.4, -0.2) is 0 Å². The zero-order valence-electron chi connectivity index (χ0n) is 7.93. The quantitative estimate of drug-likeness (QED) is 0.645. The average Bonchev–Trinajstić information content (AvgIpc) is 2.16. The monoisotopic (exact) mass is 216 g/mol. The lowest BCUT2D eigenvalue weighted by molar-refractivity contribution is 0.542. The van der Waals surface area contributed by atoms with Gasteiger partial charge >= 0.3 is 0 Å². The molecular weight excluding hydrogens is 203 g/mol. The first-order valence-corrected chi connectivity index (χ1v) is 5.36. The van der Waals surface area contributed by atoms with Gasteiger partial charge in [-0.15, -0.1) is 11.6 Å². The lowest BCUT2D eigenvalue weighted by Gasteiger charge is -2.17. The molecule has 0 heterocycles. The van der Waals surface area contributed by atoms with Crippen molar-refractivity contribution in [3.63, 3.8) is 0 Å². The SMILES string of the molecule is CCC(C)C(Cl)c1ccccc1Cl. The van der Waals surface area contributed by atoms with E-state index in [9.17, 15) is 0 Å². The van der Waals surface area contributed by atoms with Gasteiger partial charge in [-0.3, -0.25) is 0 Å².